The number of imidazole rings is 1. The predicted molar refractivity (Wildman–Crippen MR) is 124 cm³/mol. The predicted octanol–water partition coefficient (Wildman–Crippen LogP) is 5.53. The van der Waals surface area contributed by atoms with E-state index in [2.05, 4.69) is 9.97 Å². The highest BCUT2D eigenvalue weighted by Crippen LogP contribution is 2.29. The van der Waals surface area contributed by atoms with Crippen molar-refractivity contribution >= 4 is 33.5 Å². The fraction of sp³-hybridized carbons (Fsp3) is 0.125. The Morgan fingerprint density at radius 3 is 2.56 bits per heavy atom. The summed E-state index contributed by atoms with van der Waals surface area (Å²) in [5.41, 5.74) is 2.81. The first-order valence-corrected chi connectivity index (χ1v) is 10.5. The zero-order valence-corrected chi connectivity index (χ0v) is 18.4. The molecule has 5 rings (SSSR count). The molecule has 0 saturated heterocycles. The molecule has 0 aliphatic rings. The summed E-state index contributed by atoms with van der Waals surface area (Å²) in [6, 6.07) is 14.9. The van der Waals surface area contributed by atoms with Crippen LogP contribution in [0.15, 0.2) is 71.9 Å². The molecular formula is C24H16ClF3N4O2. The van der Waals surface area contributed by atoms with Crippen molar-refractivity contribution in [1.29, 1.82) is 0 Å². The van der Waals surface area contributed by atoms with Gasteiger partial charge in [0, 0.05) is 29.7 Å². The number of fused-ring (bicyclic) bond motifs is 2. The van der Waals surface area contributed by atoms with Crippen LogP contribution < -0.4 is 10.3 Å². The largest absolute Gasteiger partial charge is 0.468 e. The van der Waals surface area contributed by atoms with Crippen LogP contribution in [-0.2, 0) is 7.05 Å². The van der Waals surface area contributed by atoms with Gasteiger partial charge in [0.15, 0.2) is 6.61 Å². The normalized spacial score (nSPS) is 11.9. The number of rotatable bonds is 4. The van der Waals surface area contributed by atoms with Gasteiger partial charge < -0.3 is 9.30 Å². The van der Waals surface area contributed by atoms with Crippen LogP contribution in [0.1, 0.15) is 0 Å². The van der Waals surface area contributed by atoms with Crippen LogP contribution in [0.4, 0.5) is 13.2 Å². The SMILES string of the molecule is Cn1cnc2ccc(-n3cc4ccc(OCC(F)(F)F)nc4c(-c4ccc(Cl)cc4)c3=O)cc21. The van der Waals surface area contributed by atoms with Gasteiger partial charge in [-0.3, -0.25) is 9.36 Å². The molecule has 2 aromatic carbocycles. The molecule has 0 N–H and O–H groups in total. The molecule has 0 bridgehead atoms. The number of hydrogen-bond acceptors (Lipinski definition) is 4. The van der Waals surface area contributed by atoms with Crippen LogP contribution in [-0.4, -0.2) is 31.9 Å². The molecule has 0 radical (unpaired) electrons. The van der Waals surface area contributed by atoms with Crippen molar-refractivity contribution in [2.24, 2.45) is 7.05 Å². The smallest absolute Gasteiger partial charge is 0.422 e. The number of benzene rings is 2. The molecule has 172 valence electrons. The van der Waals surface area contributed by atoms with Crippen molar-refractivity contribution in [2.75, 3.05) is 6.61 Å². The zero-order valence-electron chi connectivity index (χ0n) is 17.7. The third-order valence-electron chi connectivity index (χ3n) is 5.34. The average molecular weight is 485 g/mol. The third-order valence-corrected chi connectivity index (χ3v) is 5.59. The number of alkyl halides is 3. The van der Waals surface area contributed by atoms with Crippen LogP contribution in [0.2, 0.25) is 5.02 Å². The molecule has 3 heterocycles. The van der Waals surface area contributed by atoms with Crippen molar-refractivity contribution in [3.8, 4) is 22.7 Å². The molecule has 10 heteroatoms. The van der Waals surface area contributed by atoms with Gasteiger partial charge in [-0.25, -0.2) is 9.97 Å². The number of nitrogens with zero attached hydrogens (tertiary/aromatic N) is 4. The van der Waals surface area contributed by atoms with E-state index in [0.717, 1.165) is 11.0 Å². The van der Waals surface area contributed by atoms with Crippen LogP contribution in [0.3, 0.4) is 0 Å². The summed E-state index contributed by atoms with van der Waals surface area (Å²) < 4.78 is 46.0. The van der Waals surface area contributed by atoms with Crippen molar-refractivity contribution in [3.63, 3.8) is 0 Å². The maximum absolute atomic E-state index is 13.7. The highest BCUT2D eigenvalue weighted by atomic mass is 35.5. The lowest BCUT2D eigenvalue weighted by molar-refractivity contribution is -0.154. The molecule has 0 unspecified atom stereocenters. The van der Waals surface area contributed by atoms with Gasteiger partial charge >= 0.3 is 6.18 Å². The number of aromatic nitrogens is 4. The van der Waals surface area contributed by atoms with E-state index in [1.807, 2.05) is 23.7 Å². The first-order chi connectivity index (χ1) is 16.2. The Kier molecular flexibility index (Phi) is 5.28. The summed E-state index contributed by atoms with van der Waals surface area (Å²) in [6.07, 6.45) is -1.22. The van der Waals surface area contributed by atoms with Gasteiger partial charge in [0.1, 0.15) is 0 Å². The Morgan fingerprint density at radius 2 is 1.82 bits per heavy atom. The lowest BCUT2D eigenvalue weighted by atomic mass is 10.0. The van der Waals surface area contributed by atoms with Crippen molar-refractivity contribution < 1.29 is 17.9 Å². The number of pyridine rings is 2. The zero-order chi connectivity index (χ0) is 24.0. The van der Waals surface area contributed by atoms with E-state index >= 15 is 0 Å². The summed E-state index contributed by atoms with van der Waals surface area (Å²) in [7, 11) is 1.85. The van der Waals surface area contributed by atoms with Crippen LogP contribution in [0.5, 0.6) is 5.88 Å². The first-order valence-electron chi connectivity index (χ1n) is 10.1. The monoisotopic (exact) mass is 484 g/mol. The van der Waals surface area contributed by atoms with Crippen molar-refractivity contribution in [1.82, 2.24) is 19.1 Å². The summed E-state index contributed by atoms with van der Waals surface area (Å²) in [5.74, 6) is -0.228. The maximum Gasteiger partial charge on any atom is 0.422 e. The molecule has 34 heavy (non-hydrogen) atoms. The minimum atomic E-state index is -4.51. The first kappa shape index (κ1) is 22.0. The average Bonchev–Trinajstić information content (AvgIpc) is 3.18. The highest BCUT2D eigenvalue weighted by molar-refractivity contribution is 6.30. The molecule has 6 nitrogen and oxygen atoms in total. The quantitative estimate of drug-likeness (QED) is 0.336. The van der Waals surface area contributed by atoms with Gasteiger partial charge in [-0.1, -0.05) is 23.7 Å². The minimum absolute atomic E-state index is 0.219. The second-order valence-electron chi connectivity index (χ2n) is 7.71. The summed E-state index contributed by atoms with van der Waals surface area (Å²) in [6.45, 7) is -1.48. The lowest BCUT2D eigenvalue weighted by Crippen LogP contribution is -2.21. The highest BCUT2D eigenvalue weighted by Gasteiger charge is 2.29. The van der Waals surface area contributed by atoms with Crippen LogP contribution >= 0.6 is 11.6 Å². The van der Waals surface area contributed by atoms with Gasteiger partial charge in [0.25, 0.3) is 5.56 Å². The van der Waals surface area contributed by atoms with Gasteiger partial charge in [0.05, 0.1) is 34.1 Å². The maximum atomic E-state index is 13.7. The molecular weight excluding hydrogens is 469 g/mol. The molecule has 0 amide bonds. The Hall–Kier alpha value is -3.85. The Morgan fingerprint density at radius 1 is 1.06 bits per heavy atom. The fourth-order valence-corrected chi connectivity index (χ4v) is 3.87. The molecule has 5 aromatic rings. The van der Waals surface area contributed by atoms with Gasteiger partial charge in [-0.05, 0) is 42.0 Å². The topological polar surface area (TPSA) is 61.9 Å². The van der Waals surface area contributed by atoms with Gasteiger partial charge in [-0.15, -0.1) is 0 Å². The van der Waals surface area contributed by atoms with Crippen molar-refractivity contribution in [2.45, 2.75) is 6.18 Å². The van der Waals surface area contributed by atoms with Crippen molar-refractivity contribution in [3.05, 3.63) is 82.5 Å². The van der Waals surface area contributed by atoms with E-state index in [1.165, 1.54) is 10.6 Å². The number of aryl methyl sites for hydroxylation is 1. The number of ether oxygens (including phenoxy) is 1. The summed E-state index contributed by atoms with van der Waals surface area (Å²) in [4.78, 5) is 22.3. The summed E-state index contributed by atoms with van der Waals surface area (Å²) in [5, 5.41) is 1.03. The molecule has 3 aromatic heterocycles. The van der Waals surface area contributed by atoms with E-state index in [4.69, 9.17) is 16.3 Å². The van der Waals surface area contributed by atoms with E-state index in [9.17, 15) is 18.0 Å². The molecule has 0 aliphatic heterocycles. The minimum Gasteiger partial charge on any atom is -0.468 e. The molecule has 0 aliphatic carbocycles. The lowest BCUT2D eigenvalue weighted by Gasteiger charge is -2.14. The second-order valence-corrected chi connectivity index (χ2v) is 8.14. The van der Waals surface area contributed by atoms with Gasteiger partial charge in [-0.2, -0.15) is 13.2 Å². The number of hydrogen-bond donors (Lipinski definition) is 0. The van der Waals surface area contributed by atoms with Gasteiger partial charge in [0.2, 0.25) is 5.88 Å². The Balaban J connectivity index is 1.74. The van der Waals surface area contributed by atoms with E-state index in [1.54, 1.807) is 48.9 Å². The third kappa shape index (κ3) is 4.10. The number of halogens is 4. The van der Waals surface area contributed by atoms with E-state index in [0.29, 0.717) is 21.7 Å². The molecule has 0 saturated carbocycles. The molecule has 0 fully saturated rings. The van der Waals surface area contributed by atoms with Crippen LogP contribution in [0.25, 0.3) is 38.8 Å². The van der Waals surface area contributed by atoms with E-state index in [-0.39, 0.29) is 17.0 Å². The van der Waals surface area contributed by atoms with E-state index < -0.39 is 18.3 Å². The standard InChI is InChI=1S/C24H16ClF3N4O2/c1-31-13-29-18-8-7-17(10-19(18)31)32-11-15-4-9-20(34-12-24(26,27)28)30-22(15)21(23(32)33)14-2-5-16(25)6-3-14/h2-11,13H,12H2,1H3. The second kappa shape index (κ2) is 8.18. The Bertz CT molecular complexity index is 1590. The summed E-state index contributed by atoms with van der Waals surface area (Å²) >= 11 is 6.02. The Labute approximate surface area is 195 Å². The van der Waals surface area contributed by atoms with Crippen LogP contribution in [0, 0.1) is 0 Å². The molecule has 0 atom stereocenters. The fourth-order valence-electron chi connectivity index (χ4n) is 3.74. The molecule has 0 spiro atoms.